The number of methoxy groups -OCH3 is 1. The van der Waals surface area contributed by atoms with E-state index in [1.165, 1.54) is 19.3 Å². The summed E-state index contributed by atoms with van der Waals surface area (Å²) in [6.07, 6.45) is 4.88. The molecule has 1 aromatic rings. The molecule has 0 unspecified atom stereocenters. The number of carbonyl (C=O) groups excluding carboxylic acids is 2. The van der Waals surface area contributed by atoms with Crippen LogP contribution in [0.2, 0.25) is 0 Å². The van der Waals surface area contributed by atoms with Crippen molar-refractivity contribution in [1.29, 1.82) is 0 Å². The van der Waals surface area contributed by atoms with E-state index < -0.39 is 17.5 Å². The first-order valence-corrected chi connectivity index (χ1v) is 9.70. The number of hydrogen-bond donors (Lipinski definition) is 3. The Morgan fingerprint density at radius 2 is 2.15 bits per heavy atom. The maximum atomic E-state index is 13.0. The van der Waals surface area contributed by atoms with Crippen LogP contribution in [0.3, 0.4) is 0 Å². The van der Waals surface area contributed by atoms with E-state index in [1.807, 2.05) is 0 Å². The Bertz CT molecular complexity index is 801. The smallest absolute Gasteiger partial charge is 0.344 e. The van der Waals surface area contributed by atoms with Gasteiger partial charge >= 0.3 is 6.03 Å². The number of benzene rings is 1. The Kier molecular flexibility index (Phi) is 4.46. The molecule has 4 atom stereocenters. The molecule has 3 amide bonds. The number of ether oxygens (including phenoxy) is 1. The van der Waals surface area contributed by atoms with E-state index >= 15 is 0 Å². The normalized spacial score (nSPS) is 31.8. The zero-order valence-corrected chi connectivity index (χ0v) is 16.3. The topological polar surface area (TPSA) is 82.7 Å². The standard InChI is InChI=1S/C19H24N4O3S/c1-19(13-4-3-5-14(10-13)26-2)16(24)23(18(25)21-19)22-17(27)20-15-9-11-6-7-12(15)8-11/h3-5,10-12,15H,6-9H2,1-2H3,(H,21,25)(H2,20,22,27)/t11-,12-,15+,19-/m0/s1. The Hall–Kier alpha value is -2.35. The zero-order chi connectivity index (χ0) is 19.2. The quantitative estimate of drug-likeness (QED) is 0.541. The van der Waals surface area contributed by atoms with Crippen molar-refractivity contribution in [2.24, 2.45) is 11.8 Å². The average Bonchev–Trinajstić information content (AvgIpc) is 3.33. The van der Waals surface area contributed by atoms with Crippen LogP contribution in [0.4, 0.5) is 4.79 Å². The van der Waals surface area contributed by atoms with Crippen LogP contribution in [-0.4, -0.2) is 35.2 Å². The summed E-state index contributed by atoms with van der Waals surface area (Å²) >= 11 is 5.36. The number of imide groups is 1. The minimum Gasteiger partial charge on any atom is -0.497 e. The highest BCUT2D eigenvalue weighted by Crippen LogP contribution is 2.44. The third-order valence-corrected chi connectivity index (χ3v) is 6.32. The fraction of sp³-hybridized carbons (Fsp3) is 0.526. The number of hydrazine groups is 1. The SMILES string of the molecule is COc1cccc([C@]2(C)NC(=O)N(NC(=S)N[C@@H]3C[C@H]4CC[C@H]3C4)C2=O)c1. The molecule has 2 saturated carbocycles. The van der Waals surface area contributed by atoms with Crippen LogP contribution in [0.5, 0.6) is 5.75 Å². The molecule has 2 bridgehead atoms. The average molecular weight is 388 g/mol. The van der Waals surface area contributed by atoms with Crippen molar-refractivity contribution >= 4 is 29.3 Å². The summed E-state index contributed by atoms with van der Waals surface area (Å²) in [6, 6.07) is 6.91. The lowest BCUT2D eigenvalue weighted by molar-refractivity contribution is -0.132. The molecule has 0 aromatic heterocycles. The first kappa shape index (κ1) is 18.0. The Labute approximate surface area is 163 Å². The maximum Gasteiger partial charge on any atom is 0.344 e. The lowest BCUT2D eigenvalue weighted by Crippen LogP contribution is -2.53. The largest absolute Gasteiger partial charge is 0.497 e. The number of hydrogen-bond acceptors (Lipinski definition) is 4. The molecule has 8 heteroatoms. The van der Waals surface area contributed by atoms with Crippen LogP contribution in [-0.2, 0) is 10.3 Å². The highest BCUT2D eigenvalue weighted by molar-refractivity contribution is 7.80. The van der Waals surface area contributed by atoms with E-state index in [0.29, 0.717) is 28.4 Å². The molecular formula is C19H24N4O3S. The molecule has 1 heterocycles. The first-order valence-electron chi connectivity index (χ1n) is 9.29. The molecule has 1 saturated heterocycles. The van der Waals surface area contributed by atoms with E-state index in [2.05, 4.69) is 16.1 Å². The van der Waals surface area contributed by atoms with Gasteiger partial charge in [0.05, 0.1) is 7.11 Å². The summed E-state index contributed by atoms with van der Waals surface area (Å²) in [5.74, 6) is 1.64. The highest BCUT2D eigenvalue weighted by atomic mass is 32.1. The first-order chi connectivity index (χ1) is 12.9. The second kappa shape index (κ2) is 6.67. The lowest BCUT2D eigenvalue weighted by atomic mass is 9.92. The summed E-state index contributed by atoms with van der Waals surface area (Å²) < 4.78 is 5.23. The van der Waals surface area contributed by atoms with Gasteiger partial charge < -0.3 is 15.4 Å². The van der Waals surface area contributed by atoms with E-state index in [1.54, 1.807) is 38.3 Å². The van der Waals surface area contributed by atoms with Crippen molar-refractivity contribution in [3.8, 4) is 5.75 Å². The number of amides is 3. The monoisotopic (exact) mass is 388 g/mol. The van der Waals surface area contributed by atoms with Gasteiger partial charge in [-0.1, -0.05) is 18.6 Å². The van der Waals surface area contributed by atoms with E-state index in [-0.39, 0.29) is 0 Å². The predicted octanol–water partition coefficient (Wildman–Crippen LogP) is 2.03. The highest BCUT2D eigenvalue weighted by Gasteiger charge is 2.50. The summed E-state index contributed by atoms with van der Waals surface area (Å²) in [4.78, 5) is 25.4. The molecule has 144 valence electrons. The van der Waals surface area contributed by atoms with Crippen molar-refractivity contribution in [2.75, 3.05) is 7.11 Å². The van der Waals surface area contributed by atoms with Crippen LogP contribution in [0.15, 0.2) is 24.3 Å². The van der Waals surface area contributed by atoms with Crippen molar-refractivity contribution in [3.05, 3.63) is 29.8 Å². The second-order valence-corrected chi connectivity index (χ2v) is 8.20. The summed E-state index contributed by atoms with van der Waals surface area (Å²) in [6.45, 7) is 1.68. The summed E-state index contributed by atoms with van der Waals surface area (Å²) in [5.41, 5.74) is 2.25. The number of carbonyl (C=O) groups is 2. The van der Waals surface area contributed by atoms with Gasteiger partial charge in [-0.15, -0.1) is 0 Å². The second-order valence-electron chi connectivity index (χ2n) is 7.79. The summed E-state index contributed by atoms with van der Waals surface area (Å²) in [7, 11) is 1.56. The predicted molar refractivity (Wildman–Crippen MR) is 104 cm³/mol. The van der Waals surface area contributed by atoms with Gasteiger partial charge in [0, 0.05) is 6.04 Å². The number of fused-ring (bicyclic) bond motifs is 2. The van der Waals surface area contributed by atoms with Crippen LogP contribution >= 0.6 is 12.2 Å². The Morgan fingerprint density at radius 1 is 1.33 bits per heavy atom. The van der Waals surface area contributed by atoms with E-state index in [0.717, 1.165) is 17.3 Å². The number of urea groups is 1. The number of nitrogens with one attached hydrogen (secondary N) is 3. The minimum atomic E-state index is -1.18. The number of rotatable bonds is 4. The van der Waals surface area contributed by atoms with Crippen LogP contribution in [0.1, 0.15) is 38.2 Å². The van der Waals surface area contributed by atoms with E-state index in [9.17, 15) is 9.59 Å². The van der Waals surface area contributed by atoms with E-state index in [4.69, 9.17) is 17.0 Å². The minimum absolute atomic E-state index is 0.311. The van der Waals surface area contributed by atoms with Crippen molar-refractivity contribution in [2.45, 2.75) is 44.2 Å². The molecule has 1 aliphatic heterocycles. The van der Waals surface area contributed by atoms with Gasteiger partial charge in [-0.2, -0.15) is 5.01 Å². The molecule has 0 radical (unpaired) electrons. The molecule has 0 spiro atoms. The Morgan fingerprint density at radius 3 is 2.81 bits per heavy atom. The maximum absolute atomic E-state index is 13.0. The summed E-state index contributed by atoms with van der Waals surface area (Å²) in [5, 5.41) is 7.32. The van der Waals surface area contributed by atoms with Gasteiger partial charge in [0.2, 0.25) is 0 Å². The van der Waals surface area contributed by atoms with Gasteiger partial charge in [0.25, 0.3) is 5.91 Å². The third-order valence-electron chi connectivity index (χ3n) is 6.11. The Balaban J connectivity index is 1.45. The lowest BCUT2D eigenvalue weighted by Gasteiger charge is -2.26. The molecule has 2 aliphatic carbocycles. The zero-order valence-electron chi connectivity index (χ0n) is 15.5. The molecule has 7 nitrogen and oxygen atoms in total. The van der Waals surface area contributed by atoms with Gasteiger partial charge in [0.15, 0.2) is 5.11 Å². The molecule has 1 aromatic carbocycles. The molecule has 3 aliphatic rings. The fourth-order valence-electron chi connectivity index (χ4n) is 4.59. The molecule has 3 N–H and O–H groups in total. The number of thiocarbonyl (C=S) groups is 1. The van der Waals surface area contributed by atoms with Gasteiger partial charge in [0.1, 0.15) is 11.3 Å². The van der Waals surface area contributed by atoms with Gasteiger partial charge in [-0.05, 0) is 67.9 Å². The molecular weight excluding hydrogens is 364 g/mol. The fourth-order valence-corrected chi connectivity index (χ4v) is 4.84. The molecule has 4 rings (SSSR count). The van der Waals surface area contributed by atoms with Crippen LogP contribution in [0.25, 0.3) is 0 Å². The van der Waals surface area contributed by atoms with Crippen molar-refractivity contribution in [1.82, 2.24) is 21.1 Å². The van der Waals surface area contributed by atoms with Crippen molar-refractivity contribution in [3.63, 3.8) is 0 Å². The van der Waals surface area contributed by atoms with Crippen LogP contribution < -0.4 is 20.8 Å². The molecule has 27 heavy (non-hydrogen) atoms. The van der Waals surface area contributed by atoms with Gasteiger partial charge in [-0.25, -0.2) is 4.79 Å². The van der Waals surface area contributed by atoms with Gasteiger partial charge in [-0.3, -0.25) is 10.2 Å². The van der Waals surface area contributed by atoms with Crippen LogP contribution in [0, 0.1) is 11.8 Å². The van der Waals surface area contributed by atoms with Crippen molar-refractivity contribution < 1.29 is 14.3 Å². The third kappa shape index (κ3) is 3.12. The number of nitrogens with zero attached hydrogens (tertiary/aromatic N) is 1. The molecule has 3 fully saturated rings.